The summed E-state index contributed by atoms with van der Waals surface area (Å²) in [5.41, 5.74) is 1.90. The monoisotopic (exact) mass is 433 g/mol. The second-order valence-corrected chi connectivity index (χ2v) is 6.01. The summed E-state index contributed by atoms with van der Waals surface area (Å²) >= 11 is 3.52. The van der Waals surface area contributed by atoms with E-state index in [1.807, 2.05) is 19.1 Å². The van der Waals surface area contributed by atoms with Crippen LogP contribution in [-0.4, -0.2) is 24.9 Å². The van der Waals surface area contributed by atoms with Gasteiger partial charge in [0, 0.05) is 13.1 Å². The number of ether oxygens (including phenoxy) is 2. The Kier molecular flexibility index (Phi) is 9.82. The van der Waals surface area contributed by atoms with Crippen molar-refractivity contribution in [2.45, 2.75) is 20.1 Å². The lowest BCUT2D eigenvalue weighted by Gasteiger charge is -2.16. The number of rotatable bonds is 9. The third kappa shape index (κ3) is 6.82. The summed E-state index contributed by atoms with van der Waals surface area (Å²) in [5, 5.41) is 12.0. The van der Waals surface area contributed by atoms with Crippen molar-refractivity contribution >= 4 is 28.3 Å². The van der Waals surface area contributed by atoms with Gasteiger partial charge in [-0.2, -0.15) is 0 Å². The smallest absolute Gasteiger partial charge is 0.175 e. The second-order valence-electron chi connectivity index (χ2n) is 5.15. The largest absolute Gasteiger partial charge is 0.490 e. The van der Waals surface area contributed by atoms with E-state index in [0.29, 0.717) is 37.8 Å². The zero-order chi connectivity index (χ0) is 17.4. The number of aliphatic hydroxyl groups is 1. The lowest BCUT2D eigenvalue weighted by molar-refractivity contribution is 0.267. The molecule has 2 aromatic carbocycles. The molecule has 0 bridgehead atoms. The molecule has 0 aliphatic rings. The predicted octanol–water partition coefficient (Wildman–Crippen LogP) is 4.07. The Hall–Kier alpha value is -1.34. The maximum Gasteiger partial charge on any atom is 0.175 e. The van der Waals surface area contributed by atoms with Crippen molar-refractivity contribution in [1.29, 1.82) is 0 Å². The fraction of sp³-hybridized carbons (Fsp3) is 0.333. The first-order chi connectivity index (χ1) is 11.6. The Morgan fingerprint density at radius 2 is 1.84 bits per heavy atom. The molecule has 25 heavy (non-hydrogen) atoms. The van der Waals surface area contributed by atoms with Crippen LogP contribution in [0, 0.1) is 5.82 Å². The van der Waals surface area contributed by atoms with Gasteiger partial charge in [-0.15, -0.1) is 12.4 Å². The summed E-state index contributed by atoms with van der Waals surface area (Å²) in [6, 6.07) is 10.1. The fourth-order valence-electron chi connectivity index (χ4n) is 2.17. The quantitative estimate of drug-likeness (QED) is 0.584. The Balaban J connectivity index is 0.00000312. The molecule has 0 aromatic heterocycles. The number of hydrogen-bond donors (Lipinski definition) is 2. The van der Waals surface area contributed by atoms with Crippen LogP contribution in [0.4, 0.5) is 4.39 Å². The number of halogens is 3. The summed E-state index contributed by atoms with van der Waals surface area (Å²) < 4.78 is 25.3. The van der Waals surface area contributed by atoms with Gasteiger partial charge in [-0.25, -0.2) is 4.39 Å². The van der Waals surface area contributed by atoms with Crippen LogP contribution in [0.3, 0.4) is 0 Å². The molecule has 0 spiro atoms. The summed E-state index contributed by atoms with van der Waals surface area (Å²) in [4.78, 5) is 0. The van der Waals surface area contributed by atoms with E-state index in [2.05, 4.69) is 21.2 Å². The third-order valence-electron chi connectivity index (χ3n) is 3.28. The van der Waals surface area contributed by atoms with Crippen molar-refractivity contribution in [2.75, 3.05) is 19.8 Å². The maximum absolute atomic E-state index is 13.0. The minimum absolute atomic E-state index is 0. The van der Waals surface area contributed by atoms with Gasteiger partial charge in [0.15, 0.2) is 11.5 Å². The predicted molar refractivity (Wildman–Crippen MR) is 102 cm³/mol. The Morgan fingerprint density at radius 3 is 2.48 bits per heavy atom. The zero-order valence-electron chi connectivity index (χ0n) is 13.9. The molecule has 2 aromatic rings. The third-order valence-corrected chi connectivity index (χ3v) is 3.87. The summed E-state index contributed by atoms with van der Waals surface area (Å²) in [5.74, 6) is 0.997. The highest BCUT2D eigenvalue weighted by Crippen LogP contribution is 2.37. The average Bonchev–Trinajstić information content (AvgIpc) is 2.56. The van der Waals surface area contributed by atoms with Gasteiger partial charge in [-0.05, 0) is 58.2 Å². The van der Waals surface area contributed by atoms with Gasteiger partial charge in [0.25, 0.3) is 0 Å². The zero-order valence-corrected chi connectivity index (χ0v) is 16.3. The van der Waals surface area contributed by atoms with E-state index in [4.69, 9.17) is 14.6 Å². The van der Waals surface area contributed by atoms with Crippen LogP contribution in [0.2, 0.25) is 0 Å². The first-order valence-electron chi connectivity index (χ1n) is 7.78. The molecule has 4 nitrogen and oxygen atoms in total. The van der Waals surface area contributed by atoms with Gasteiger partial charge in [0.05, 0.1) is 17.7 Å². The van der Waals surface area contributed by atoms with E-state index in [1.54, 1.807) is 12.1 Å². The minimum Gasteiger partial charge on any atom is -0.490 e. The van der Waals surface area contributed by atoms with E-state index in [0.717, 1.165) is 15.6 Å². The van der Waals surface area contributed by atoms with E-state index in [9.17, 15) is 4.39 Å². The van der Waals surface area contributed by atoms with Gasteiger partial charge < -0.3 is 19.9 Å². The van der Waals surface area contributed by atoms with Crippen LogP contribution in [0.15, 0.2) is 40.9 Å². The lowest BCUT2D eigenvalue weighted by atomic mass is 10.2. The second kappa shape index (κ2) is 11.3. The van der Waals surface area contributed by atoms with Crippen LogP contribution in [0.25, 0.3) is 0 Å². The Morgan fingerprint density at radius 1 is 1.12 bits per heavy atom. The normalized spacial score (nSPS) is 10.2. The van der Waals surface area contributed by atoms with Gasteiger partial charge in [-0.3, -0.25) is 0 Å². The first-order valence-corrected chi connectivity index (χ1v) is 8.57. The molecular weight excluding hydrogens is 413 g/mol. The lowest BCUT2D eigenvalue weighted by Crippen LogP contribution is -2.17. The highest BCUT2D eigenvalue weighted by Gasteiger charge is 2.12. The molecule has 0 unspecified atom stereocenters. The number of aliphatic hydroxyl groups excluding tert-OH is 1. The molecule has 0 saturated heterocycles. The van der Waals surface area contributed by atoms with Crippen LogP contribution in [-0.2, 0) is 13.2 Å². The Bertz CT molecular complexity index is 656. The van der Waals surface area contributed by atoms with Gasteiger partial charge >= 0.3 is 0 Å². The van der Waals surface area contributed by atoms with Crippen LogP contribution < -0.4 is 14.8 Å². The Labute approximate surface area is 161 Å². The SMILES string of the molecule is CCOc1cc(CNCCO)cc(Br)c1OCc1ccc(F)cc1.Cl. The summed E-state index contributed by atoms with van der Waals surface area (Å²) in [7, 11) is 0. The molecule has 0 aliphatic heterocycles. The van der Waals surface area contributed by atoms with Crippen LogP contribution >= 0.6 is 28.3 Å². The molecule has 2 rings (SSSR count). The molecule has 0 amide bonds. The molecule has 0 atom stereocenters. The van der Waals surface area contributed by atoms with Gasteiger partial charge in [-0.1, -0.05) is 12.1 Å². The minimum atomic E-state index is -0.269. The molecule has 2 N–H and O–H groups in total. The molecule has 138 valence electrons. The number of benzene rings is 2. The van der Waals surface area contributed by atoms with Crippen molar-refractivity contribution < 1.29 is 19.0 Å². The highest BCUT2D eigenvalue weighted by molar-refractivity contribution is 9.10. The van der Waals surface area contributed by atoms with E-state index in [-0.39, 0.29) is 24.8 Å². The molecule has 0 heterocycles. The number of hydrogen-bond acceptors (Lipinski definition) is 4. The first kappa shape index (κ1) is 21.7. The van der Waals surface area contributed by atoms with E-state index in [1.165, 1.54) is 12.1 Å². The van der Waals surface area contributed by atoms with E-state index < -0.39 is 0 Å². The van der Waals surface area contributed by atoms with Gasteiger partial charge in [0.1, 0.15) is 12.4 Å². The van der Waals surface area contributed by atoms with Crippen molar-refractivity contribution in [2.24, 2.45) is 0 Å². The topological polar surface area (TPSA) is 50.7 Å². The van der Waals surface area contributed by atoms with Gasteiger partial charge in [0.2, 0.25) is 0 Å². The van der Waals surface area contributed by atoms with Crippen molar-refractivity contribution in [1.82, 2.24) is 5.32 Å². The van der Waals surface area contributed by atoms with Crippen molar-refractivity contribution in [3.05, 3.63) is 57.8 Å². The fourth-order valence-corrected chi connectivity index (χ4v) is 2.78. The maximum atomic E-state index is 13.0. The molecule has 0 fully saturated rings. The molecular formula is C18H22BrClFNO3. The van der Waals surface area contributed by atoms with E-state index >= 15 is 0 Å². The highest BCUT2D eigenvalue weighted by atomic mass is 79.9. The van der Waals surface area contributed by atoms with Crippen molar-refractivity contribution in [3.8, 4) is 11.5 Å². The average molecular weight is 435 g/mol. The molecule has 0 radical (unpaired) electrons. The standard InChI is InChI=1S/C18H21BrFNO3.ClH/c1-2-23-17-10-14(11-21-7-8-22)9-16(19)18(17)24-12-13-3-5-15(20)6-4-13;/h3-6,9-10,21-22H,2,7-8,11-12H2,1H3;1H. The van der Waals surface area contributed by atoms with Crippen LogP contribution in [0.1, 0.15) is 18.1 Å². The van der Waals surface area contributed by atoms with Crippen LogP contribution in [0.5, 0.6) is 11.5 Å². The summed E-state index contributed by atoms with van der Waals surface area (Å²) in [6.45, 7) is 4.00. The molecule has 0 aliphatic carbocycles. The number of nitrogens with one attached hydrogen (secondary N) is 1. The molecule has 0 saturated carbocycles. The molecule has 7 heteroatoms. The summed E-state index contributed by atoms with van der Waals surface area (Å²) in [6.07, 6.45) is 0. The van der Waals surface area contributed by atoms with Crippen molar-refractivity contribution in [3.63, 3.8) is 0 Å².